The van der Waals surface area contributed by atoms with E-state index in [1.807, 2.05) is 12.1 Å². The molecule has 0 bridgehead atoms. The number of ether oxygens (including phenoxy) is 1. The second-order valence-corrected chi connectivity index (χ2v) is 3.07. The number of fused-ring (bicyclic) bond motifs is 1. The maximum absolute atomic E-state index is 11.9. The number of hydrogen-bond acceptors (Lipinski definition) is 3. The van der Waals surface area contributed by atoms with E-state index < -0.39 is 6.67 Å². The number of H-pyrrole nitrogens is 1. The van der Waals surface area contributed by atoms with Gasteiger partial charge in [-0.25, -0.2) is 4.39 Å². The number of anilines is 1. The van der Waals surface area contributed by atoms with Crippen molar-refractivity contribution in [3.05, 3.63) is 18.2 Å². The molecule has 1 heterocycles. The summed E-state index contributed by atoms with van der Waals surface area (Å²) in [5.41, 5.74) is 0.923. The number of halogens is 1. The van der Waals surface area contributed by atoms with Crippen molar-refractivity contribution in [3.63, 3.8) is 0 Å². The van der Waals surface area contributed by atoms with E-state index in [2.05, 4.69) is 15.5 Å². The van der Waals surface area contributed by atoms with E-state index in [0.717, 1.165) is 16.7 Å². The minimum Gasteiger partial charge on any atom is -0.491 e. The number of aromatic nitrogens is 2. The van der Waals surface area contributed by atoms with Crippen LogP contribution in [0.1, 0.15) is 0 Å². The Morgan fingerprint density at radius 3 is 3.13 bits per heavy atom. The normalized spacial score (nSPS) is 10.5. The van der Waals surface area contributed by atoms with Crippen LogP contribution in [-0.4, -0.2) is 30.5 Å². The van der Waals surface area contributed by atoms with Crippen molar-refractivity contribution in [1.29, 1.82) is 0 Å². The zero-order valence-corrected chi connectivity index (χ0v) is 8.38. The van der Waals surface area contributed by atoms with Crippen LogP contribution in [0, 0.1) is 0 Å². The SMILES string of the molecule is CNc1n[nH]c2ccc(OCCF)cc12. The summed E-state index contributed by atoms with van der Waals surface area (Å²) in [6, 6.07) is 5.48. The van der Waals surface area contributed by atoms with Crippen LogP contribution in [-0.2, 0) is 0 Å². The number of aromatic amines is 1. The number of alkyl halides is 1. The second-order valence-electron chi connectivity index (χ2n) is 3.07. The maximum atomic E-state index is 11.9. The Kier molecular flexibility index (Phi) is 2.71. The van der Waals surface area contributed by atoms with E-state index in [1.54, 1.807) is 13.1 Å². The van der Waals surface area contributed by atoms with E-state index in [0.29, 0.717) is 5.75 Å². The van der Waals surface area contributed by atoms with Crippen LogP contribution >= 0.6 is 0 Å². The molecule has 0 aliphatic rings. The molecule has 80 valence electrons. The number of benzene rings is 1. The van der Waals surface area contributed by atoms with E-state index in [9.17, 15) is 4.39 Å². The summed E-state index contributed by atoms with van der Waals surface area (Å²) in [4.78, 5) is 0. The highest BCUT2D eigenvalue weighted by Gasteiger charge is 2.04. The van der Waals surface area contributed by atoms with Gasteiger partial charge in [0.15, 0.2) is 5.82 Å². The van der Waals surface area contributed by atoms with Gasteiger partial charge in [0.25, 0.3) is 0 Å². The Morgan fingerprint density at radius 2 is 2.40 bits per heavy atom. The predicted molar refractivity (Wildman–Crippen MR) is 57.1 cm³/mol. The summed E-state index contributed by atoms with van der Waals surface area (Å²) in [5, 5.41) is 10.8. The monoisotopic (exact) mass is 209 g/mol. The van der Waals surface area contributed by atoms with Gasteiger partial charge in [-0.05, 0) is 18.2 Å². The van der Waals surface area contributed by atoms with E-state index in [4.69, 9.17) is 4.74 Å². The Bertz CT molecular complexity index is 455. The standard InChI is InChI=1S/C10H12FN3O/c1-12-10-8-6-7(15-5-4-11)2-3-9(8)13-14-10/h2-3,6H,4-5H2,1H3,(H2,12,13,14). The molecule has 0 fully saturated rings. The average Bonchev–Trinajstić information content (AvgIpc) is 2.68. The van der Waals surface area contributed by atoms with Gasteiger partial charge in [-0.1, -0.05) is 0 Å². The lowest BCUT2D eigenvalue weighted by Crippen LogP contribution is -1.98. The molecule has 0 saturated heterocycles. The summed E-state index contributed by atoms with van der Waals surface area (Å²) >= 11 is 0. The van der Waals surface area contributed by atoms with Gasteiger partial charge >= 0.3 is 0 Å². The number of nitrogens with zero attached hydrogens (tertiary/aromatic N) is 1. The molecule has 1 aromatic carbocycles. The van der Waals surface area contributed by atoms with Crippen molar-refractivity contribution >= 4 is 16.7 Å². The first-order valence-corrected chi connectivity index (χ1v) is 4.70. The van der Waals surface area contributed by atoms with Crippen molar-refractivity contribution in [2.24, 2.45) is 0 Å². The Hall–Kier alpha value is -1.78. The highest BCUT2D eigenvalue weighted by Crippen LogP contribution is 2.24. The summed E-state index contributed by atoms with van der Waals surface area (Å²) in [6.07, 6.45) is 0. The zero-order valence-electron chi connectivity index (χ0n) is 8.38. The molecule has 2 aromatic rings. The minimum atomic E-state index is -0.484. The molecule has 2 rings (SSSR count). The number of nitrogens with one attached hydrogen (secondary N) is 2. The van der Waals surface area contributed by atoms with Crippen LogP contribution < -0.4 is 10.1 Å². The van der Waals surface area contributed by atoms with Crippen molar-refractivity contribution in [2.75, 3.05) is 25.6 Å². The zero-order chi connectivity index (χ0) is 10.7. The smallest absolute Gasteiger partial charge is 0.155 e. The topological polar surface area (TPSA) is 49.9 Å². The molecule has 0 aliphatic heterocycles. The molecule has 0 amide bonds. The van der Waals surface area contributed by atoms with Crippen LogP contribution in [0.4, 0.5) is 10.2 Å². The molecule has 4 nitrogen and oxygen atoms in total. The fraction of sp³-hybridized carbons (Fsp3) is 0.300. The lowest BCUT2D eigenvalue weighted by Gasteiger charge is -2.03. The van der Waals surface area contributed by atoms with Gasteiger partial charge in [-0.15, -0.1) is 0 Å². The van der Waals surface area contributed by atoms with Gasteiger partial charge < -0.3 is 10.1 Å². The van der Waals surface area contributed by atoms with Gasteiger partial charge in [0.05, 0.1) is 5.52 Å². The third-order valence-electron chi connectivity index (χ3n) is 2.12. The van der Waals surface area contributed by atoms with E-state index >= 15 is 0 Å². The Labute approximate surface area is 86.4 Å². The molecule has 0 saturated carbocycles. The van der Waals surface area contributed by atoms with Gasteiger partial charge in [0.2, 0.25) is 0 Å². The van der Waals surface area contributed by atoms with Crippen LogP contribution in [0.5, 0.6) is 5.75 Å². The van der Waals surface area contributed by atoms with Crippen molar-refractivity contribution in [1.82, 2.24) is 10.2 Å². The summed E-state index contributed by atoms with van der Waals surface area (Å²) in [5.74, 6) is 1.41. The second kappa shape index (κ2) is 4.16. The third kappa shape index (κ3) is 1.86. The van der Waals surface area contributed by atoms with Gasteiger partial charge in [0.1, 0.15) is 19.0 Å². The quantitative estimate of drug-likeness (QED) is 0.809. The molecule has 0 unspecified atom stereocenters. The van der Waals surface area contributed by atoms with Crippen molar-refractivity contribution in [3.8, 4) is 5.75 Å². The first-order valence-electron chi connectivity index (χ1n) is 4.70. The minimum absolute atomic E-state index is 0.0816. The molecule has 2 N–H and O–H groups in total. The molecule has 0 aliphatic carbocycles. The first kappa shape index (κ1) is 9.76. The Morgan fingerprint density at radius 1 is 1.53 bits per heavy atom. The third-order valence-corrected chi connectivity index (χ3v) is 2.12. The Balaban J connectivity index is 2.35. The highest BCUT2D eigenvalue weighted by atomic mass is 19.1. The van der Waals surface area contributed by atoms with Gasteiger partial charge in [-0.3, -0.25) is 5.10 Å². The summed E-state index contributed by atoms with van der Waals surface area (Å²) in [6.45, 7) is -0.402. The fourth-order valence-electron chi connectivity index (χ4n) is 1.43. The summed E-state index contributed by atoms with van der Waals surface area (Å²) in [7, 11) is 1.80. The van der Waals surface area contributed by atoms with Crippen LogP contribution in [0.3, 0.4) is 0 Å². The molecule has 5 heteroatoms. The highest BCUT2D eigenvalue weighted by molar-refractivity contribution is 5.90. The molecule has 0 radical (unpaired) electrons. The van der Waals surface area contributed by atoms with Crippen molar-refractivity contribution in [2.45, 2.75) is 0 Å². The van der Waals surface area contributed by atoms with Crippen LogP contribution in [0.25, 0.3) is 10.9 Å². The lowest BCUT2D eigenvalue weighted by molar-refractivity contribution is 0.273. The largest absolute Gasteiger partial charge is 0.491 e. The lowest BCUT2D eigenvalue weighted by atomic mass is 10.2. The maximum Gasteiger partial charge on any atom is 0.155 e. The number of rotatable bonds is 4. The van der Waals surface area contributed by atoms with Crippen molar-refractivity contribution < 1.29 is 9.13 Å². The fourth-order valence-corrected chi connectivity index (χ4v) is 1.43. The predicted octanol–water partition coefficient (Wildman–Crippen LogP) is 1.95. The molecular weight excluding hydrogens is 197 g/mol. The molecular formula is C10H12FN3O. The van der Waals surface area contributed by atoms with E-state index in [-0.39, 0.29) is 6.61 Å². The average molecular weight is 209 g/mol. The van der Waals surface area contributed by atoms with E-state index in [1.165, 1.54) is 0 Å². The summed E-state index contributed by atoms with van der Waals surface area (Å²) < 4.78 is 17.1. The van der Waals surface area contributed by atoms with Gasteiger partial charge in [-0.2, -0.15) is 5.10 Å². The van der Waals surface area contributed by atoms with Crippen LogP contribution in [0.15, 0.2) is 18.2 Å². The first-order chi connectivity index (χ1) is 7.35. The molecule has 1 aromatic heterocycles. The molecule has 15 heavy (non-hydrogen) atoms. The number of hydrogen-bond donors (Lipinski definition) is 2. The molecule has 0 atom stereocenters. The van der Waals surface area contributed by atoms with Crippen LogP contribution in [0.2, 0.25) is 0 Å². The molecule has 0 spiro atoms. The van der Waals surface area contributed by atoms with Gasteiger partial charge in [0, 0.05) is 12.4 Å².